The van der Waals surface area contributed by atoms with Gasteiger partial charge < -0.3 is 14.2 Å². The standard InChI is InChI=1S/C45H78O5/c1-4-7-10-13-15-17-19-20-21-22-23-24-25-27-29-31-34-37-40-48-41-43(50-45(47)39-36-32-12-9-6-3)42-49-44(46)38-35-33-30-28-26-18-16-14-11-8-5-2/h7,10,14-17,20-21,23-24,43H,4-6,8-9,11-13,18-19,22,25-42H2,1-3H3/b10-7-,16-14-,17-15-,21-20-,24-23-. The monoisotopic (exact) mass is 699 g/mol. The third-order valence-corrected chi connectivity index (χ3v) is 8.54. The Balaban J connectivity index is 4.13. The molecule has 0 aliphatic heterocycles. The van der Waals surface area contributed by atoms with Crippen molar-refractivity contribution < 1.29 is 23.8 Å². The molecular formula is C45H78O5. The van der Waals surface area contributed by atoms with Crippen LogP contribution in [0.2, 0.25) is 0 Å². The van der Waals surface area contributed by atoms with Crippen LogP contribution in [-0.2, 0) is 23.8 Å². The summed E-state index contributed by atoms with van der Waals surface area (Å²) >= 11 is 0. The van der Waals surface area contributed by atoms with Gasteiger partial charge in [0, 0.05) is 19.4 Å². The zero-order chi connectivity index (χ0) is 36.4. The molecular weight excluding hydrogens is 620 g/mol. The Morgan fingerprint density at radius 3 is 1.52 bits per heavy atom. The van der Waals surface area contributed by atoms with Crippen molar-refractivity contribution in [3.05, 3.63) is 60.8 Å². The zero-order valence-corrected chi connectivity index (χ0v) is 32.9. The van der Waals surface area contributed by atoms with Gasteiger partial charge in [0.15, 0.2) is 6.10 Å². The molecule has 5 nitrogen and oxygen atoms in total. The normalized spacial score (nSPS) is 12.8. The van der Waals surface area contributed by atoms with Crippen LogP contribution < -0.4 is 0 Å². The van der Waals surface area contributed by atoms with Crippen LogP contribution in [0.3, 0.4) is 0 Å². The lowest BCUT2D eigenvalue weighted by Gasteiger charge is -2.18. The van der Waals surface area contributed by atoms with E-state index in [0.29, 0.717) is 19.4 Å². The van der Waals surface area contributed by atoms with E-state index in [0.717, 1.165) is 89.9 Å². The van der Waals surface area contributed by atoms with Gasteiger partial charge >= 0.3 is 11.9 Å². The van der Waals surface area contributed by atoms with Crippen LogP contribution >= 0.6 is 0 Å². The van der Waals surface area contributed by atoms with Gasteiger partial charge in [0.2, 0.25) is 0 Å². The maximum atomic E-state index is 12.5. The van der Waals surface area contributed by atoms with Gasteiger partial charge in [0.05, 0.1) is 6.61 Å². The first-order chi connectivity index (χ1) is 24.6. The second-order valence-electron chi connectivity index (χ2n) is 13.5. The van der Waals surface area contributed by atoms with Gasteiger partial charge in [0.1, 0.15) is 6.61 Å². The minimum Gasteiger partial charge on any atom is -0.462 e. The summed E-state index contributed by atoms with van der Waals surface area (Å²) < 4.78 is 17.1. The van der Waals surface area contributed by atoms with E-state index in [2.05, 4.69) is 81.5 Å². The smallest absolute Gasteiger partial charge is 0.306 e. The van der Waals surface area contributed by atoms with Crippen LogP contribution in [0, 0.1) is 0 Å². The first-order valence-electron chi connectivity index (χ1n) is 20.8. The minimum absolute atomic E-state index is 0.0715. The van der Waals surface area contributed by atoms with Crippen molar-refractivity contribution in [2.45, 2.75) is 194 Å². The number of unbranched alkanes of at least 4 members (excludes halogenated alkanes) is 16. The Bertz CT molecular complexity index is 884. The predicted molar refractivity (Wildman–Crippen MR) is 214 cm³/mol. The van der Waals surface area contributed by atoms with E-state index >= 15 is 0 Å². The van der Waals surface area contributed by atoms with Gasteiger partial charge in [-0.2, -0.15) is 0 Å². The Kier molecular flexibility index (Phi) is 39.1. The first-order valence-corrected chi connectivity index (χ1v) is 20.8. The molecule has 0 radical (unpaired) electrons. The van der Waals surface area contributed by atoms with Crippen molar-refractivity contribution in [2.75, 3.05) is 19.8 Å². The lowest BCUT2D eigenvalue weighted by molar-refractivity contribution is -0.163. The number of rotatable bonds is 37. The molecule has 0 fully saturated rings. The van der Waals surface area contributed by atoms with Crippen molar-refractivity contribution in [1.82, 2.24) is 0 Å². The third-order valence-electron chi connectivity index (χ3n) is 8.54. The number of carbonyl (C=O) groups excluding carboxylic acids is 2. The Morgan fingerprint density at radius 1 is 0.460 bits per heavy atom. The molecule has 0 amide bonds. The second-order valence-corrected chi connectivity index (χ2v) is 13.5. The van der Waals surface area contributed by atoms with Crippen molar-refractivity contribution in [3.63, 3.8) is 0 Å². The molecule has 0 aromatic rings. The van der Waals surface area contributed by atoms with Crippen molar-refractivity contribution in [3.8, 4) is 0 Å². The van der Waals surface area contributed by atoms with E-state index in [4.69, 9.17) is 14.2 Å². The first kappa shape index (κ1) is 47.6. The van der Waals surface area contributed by atoms with Crippen LogP contribution in [-0.4, -0.2) is 37.9 Å². The number of allylic oxidation sites excluding steroid dienone is 10. The van der Waals surface area contributed by atoms with Crippen LogP contribution in [0.4, 0.5) is 0 Å². The van der Waals surface area contributed by atoms with Gasteiger partial charge in [-0.05, 0) is 77.0 Å². The highest BCUT2D eigenvalue weighted by atomic mass is 16.6. The fourth-order valence-corrected chi connectivity index (χ4v) is 5.42. The zero-order valence-electron chi connectivity index (χ0n) is 32.9. The summed E-state index contributed by atoms with van der Waals surface area (Å²) in [6.45, 7) is 7.54. The van der Waals surface area contributed by atoms with Crippen molar-refractivity contribution in [1.29, 1.82) is 0 Å². The van der Waals surface area contributed by atoms with E-state index in [-0.39, 0.29) is 25.2 Å². The van der Waals surface area contributed by atoms with Crippen LogP contribution in [0.1, 0.15) is 188 Å². The molecule has 5 heteroatoms. The fourth-order valence-electron chi connectivity index (χ4n) is 5.42. The fraction of sp³-hybridized carbons (Fsp3) is 0.733. The maximum Gasteiger partial charge on any atom is 0.306 e. The molecule has 50 heavy (non-hydrogen) atoms. The molecule has 0 N–H and O–H groups in total. The molecule has 0 rings (SSSR count). The van der Waals surface area contributed by atoms with E-state index in [1.54, 1.807) is 0 Å². The lowest BCUT2D eigenvalue weighted by Crippen LogP contribution is -2.30. The summed E-state index contributed by atoms with van der Waals surface area (Å²) in [4.78, 5) is 24.9. The number of esters is 2. The predicted octanol–water partition coefficient (Wildman–Crippen LogP) is 13.4. The van der Waals surface area contributed by atoms with Gasteiger partial charge in [-0.3, -0.25) is 9.59 Å². The number of hydrogen-bond acceptors (Lipinski definition) is 5. The topological polar surface area (TPSA) is 61.8 Å². The number of ether oxygens (including phenoxy) is 3. The van der Waals surface area contributed by atoms with Gasteiger partial charge in [-0.25, -0.2) is 0 Å². The highest BCUT2D eigenvalue weighted by molar-refractivity contribution is 5.70. The molecule has 0 aliphatic rings. The molecule has 0 saturated carbocycles. The van der Waals surface area contributed by atoms with Crippen molar-refractivity contribution >= 4 is 11.9 Å². The van der Waals surface area contributed by atoms with Crippen LogP contribution in [0.5, 0.6) is 0 Å². The van der Waals surface area contributed by atoms with E-state index in [1.807, 2.05) is 0 Å². The molecule has 0 aromatic heterocycles. The van der Waals surface area contributed by atoms with E-state index in [9.17, 15) is 9.59 Å². The maximum absolute atomic E-state index is 12.5. The van der Waals surface area contributed by atoms with E-state index in [1.165, 1.54) is 64.2 Å². The molecule has 0 bridgehead atoms. The Labute approximate surface area is 309 Å². The molecule has 0 aliphatic carbocycles. The summed E-state index contributed by atoms with van der Waals surface area (Å²) in [5.41, 5.74) is 0. The van der Waals surface area contributed by atoms with Crippen LogP contribution in [0.15, 0.2) is 60.8 Å². The molecule has 0 saturated heterocycles. The molecule has 0 spiro atoms. The second kappa shape index (κ2) is 41.0. The molecule has 1 unspecified atom stereocenters. The van der Waals surface area contributed by atoms with Crippen LogP contribution in [0.25, 0.3) is 0 Å². The summed E-state index contributed by atoms with van der Waals surface area (Å²) in [6, 6.07) is 0. The molecule has 1 atom stereocenters. The number of carbonyl (C=O) groups is 2. The van der Waals surface area contributed by atoms with Gasteiger partial charge in [0.25, 0.3) is 0 Å². The van der Waals surface area contributed by atoms with Gasteiger partial charge in [-0.1, -0.05) is 159 Å². The largest absolute Gasteiger partial charge is 0.462 e. The Morgan fingerprint density at radius 2 is 0.920 bits per heavy atom. The van der Waals surface area contributed by atoms with Crippen molar-refractivity contribution in [2.24, 2.45) is 0 Å². The quantitative estimate of drug-likeness (QED) is 0.0367. The highest BCUT2D eigenvalue weighted by Crippen LogP contribution is 2.11. The average Bonchev–Trinajstić information content (AvgIpc) is 3.11. The third kappa shape index (κ3) is 38.4. The lowest BCUT2D eigenvalue weighted by atomic mass is 10.1. The number of hydrogen-bond donors (Lipinski definition) is 0. The highest BCUT2D eigenvalue weighted by Gasteiger charge is 2.17. The average molecular weight is 699 g/mol. The SMILES string of the molecule is CC/C=C\C/C=C\C/C=C\C/C=C\CCCCCCCOCC(COC(=O)CCCCCCC/C=C\CCCC)OC(=O)CCCCCCC. The summed E-state index contributed by atoms with van der Waals surface area (Å²) in [6.07, 6.45) is 49.6. The van der Waals surface area contributed by atoms with E-state index < -0.39 is 6.10 Å². The minimum atomic E-state index is -0.543. The summed E-state index contributed by atoms with van der Waals surface area (Å²) in [5.74, 6) is -0.436. The molecule has 0 heterocycles. The molecule has 288 valence electrons. The molecule has 0 aromatic carbocycles. The van der Waals surface area contributed by atoms with Gasteiger partial charge in [-0.15, -0.1) is 0 Å². The Hall–Kier alpha value is -2.40. The summed E-state index contributed by atoms with van der Waals surface area (Å²) in [5, 5.41) is 0. The summed E-state index contributed by atoms with van der Waals surface area (Å²) in [7, 11) is 0.